The zero-order valence-corrected chi connectivity index (χ0v) is 11.0. The highest BCUT2D eigenvalue weighted by atomic mass is 16.1. The van der Waals surface area contributed by atoms with Crippen LogP contribution in [0.4, 0.5) is 0 Å². The van der Waals surface area contributed by atoms with Gasteiger partial charge in [-0.25, -0.2) is 4.98 Å². The molecule has 0 saturated carbocycles. The Hall–Kier alpha value is -2.01. The lowest BCUT2D eigenvalue weighted by molar-refractivity contribution is 0.0931. The molecule has 19 heavy (non-hydrogen) atoms. The first-order valence-electron chi connectivity index (χ1n) is 6.47. The van der Waals surface area contributed by atoms with Gasteiger partial charge in [0.2, 0.25) is 0 Å². The minimum absolute atomic E-state index is 0.00855. The van der Waals surface area contributed by atoms with Crippen molar-refractivity contribution in [3.63, 3.8) is 0 Å². The fraction of sp³-hybridized carbons (Fsp3) is 0.357. The largest absolute Gasteiger partial charge is 0.347 e. The number of hydrogen-bond donors (Lipinski definition) is 2. The third kappa shape index (κ3) is 3.26. The first-order chi connectivity index (χ1) is 9.24. The molecular weight excluding hydrogens is 240 g/mol. The van der Waals surface area contributed by atoms with Gasteiger partial charge in [-0.1, -0.05) is 25.5 Å². The van der Waals surface area contributed by atoms with Gasteiger partial charge in [-0.2, -0.15) is 0 Å². The van der Waals surface area contributed by atoms with Crippen molar-refractivity contribution in [1.29, 1.82) is 0 Å². The van der Waals surface area contributed by atoms with E-state index in [0.29, 0.717) is 12.2 Å². The molecule has 0 fully saturated rings. The monoisotopic (exact) mass is 258 g/mol. The number of nitrogens with zero attached hydrogens (tertiary/aromatic N) is 2. The summed E-state index contributed by atoms with van der Waals surface area (Å²) in [5.74, 6) is -0.220. The average Bonchev–Trinajstić information content (AvgIpc) is 2.46. The molecule has 1 unspecified atom stereocenters. The second-order valence-electron chi connectivity index (χ2n) is 4.44. The topological polar surface area (TPSA) is 80.9 Å². The Labute approximate surface area is 112 Å². The fourth-order valence-corrected chi connectivity index (χ4v) is 1.92. The third-order valence-electron chi connectivity index (χ3n) is 2.94. The maximum absolute atomic E-state index is 12.1. The van der Waals surface area contributed by atoms with Crippen LogP contribution in [0.2, 0.25) is 0 Å². The van der Waals surface area contributed by atoms with Crippen molar-refractivity contribution >= 4 is 16.9 Å². The normalized spacial score (nSPS) is 12.3. The maximum atomic E-state index is 12.1. The summed E-state index contributed by atoms with van der Waals surface area (Å²) in [7, 11) is 0. The quantitative estimate of drug-likeness (QED) is 0.851. The minimum Gasteiger partial charge on any atom is -0.347 e. The highest BCUT2D eigenvalue weighted by Crippen LogP contribution is 2.08. The minimum atomic E-state index is -0.220. The molecule has 2 rings (SSSR count). The number of aromatic nitrogens is 2. The van der Waals surface area contributed by atoms with E-state index in [2.05, 4.69) is 22.2 Å². The lowest BCUT2D eigenvalue weighted by Gasteiger charge is -2.15. The fourth-order valence-electron chi connectivity index (χ4n) is 1.92. The first kappa shape index (κ1) is 13.4. The van der Waals surface area contributed by atoms with Crippen LogP contribution in [0.25, 0.3) is 11.0 Å². The number of fused-ring (bicyclic) bond motifs is 1. The van der Waals surface area contributed by atoms with Crippen molar-refractivity contribution in [2.45, 2.75) is 25.8 Å². The van der Waals surface area contributed by atoms with Crippen molar-refractivity contribution < 1.29 is 4.79 Å². The molecule has 5 heteroatoms. The number of carbonyl (C=O) groups excluding carboxylic acids is 1. The van der Waals surface area contributed by atoms with E-state index in [1.165, 1.54) is 6.20 Å². The van der Waals surface area contributed by atoms with Gasteiger partial charge in [0.1, 0.15) is 5.69 Å². The van der Waals surface area contributed by atoms with Crippen LogP contribution in [-0.4, -0.2) is 28.5 Å². The van der Waals surface area contributed by atoms with E-state index in [-0.39, 0.29) is 11.9 Å². The number of hydrogen-bond acceptors (Lipinski definition) is 4. The number of benzene rings is 1. The Bertz CT molecular complexity index is 570. The van der Waals surface area contributed by atoms with Crippen LogP contribution in [0.15, 0.2) is 30.5 Å². The van der Waals surface area contributed by atoms with Crippen molar-refractivity contribution in [2.75, 3.05) is 6.54 Å². The van der Waals surface area contributed by atoms with Crippen molar-refractivity contribution in [3.05, 3.63) is 36.2 Å². The molecule has 0 spiro atoms. The molecule has 1 aromatic carbocycles. The van der Waals surface area contributed by atoms with Gasteiger partial charge in [0, 0.05) is 12.6 Å². The predicted molar refractivity (Wildman–Crippen MR) is 74.8 cm³/mol. The van der Waals surface area contributed by atoms with Crippen LogP contribution in [0.5, 0.6) is 0 Å². The molecule has 1 atom stereocenters. The molecule has 1 heterocycles. The Morgan fingerprint density at radius 2 is 2.11 bits per heavy atom. The molecule has 3 N–H and O–H groups in total. The number of nitrogens with one attached hydrogen (secondary N) is 1. The van der Waals surface area contributed by atoms with E-state index in [4.69, 9.17) is 5.73 Å². The molecule has 100 valence electrons. The van der Waals surface area contributed by atoms with Gasteiger partial charge in [0.25, 0.3) is 5.91 Å². The first-order valence-corrected chi connectivity index (χ1v) is 6.47. The molecule has 0 saturated heterocycles. The molecule has 0 radical (unpaired) electrons. The Kier molecular flexibility index (Phi) is 4.41. The van der Waals surface area contributed by atoms with E-state index in [9.17, 15) is 4.79 Å². The van der Waals surface area contributed by atoms with E-state index >= 15 is 0 Å². The predicted octanol–water partition coefficient (Wildman–Crippen LogP) is 1.49. The molecule has 0 aliphatic heterocycles. The Morgan fingerprint density at radius 1 is 1.37 bits per heavy atom. The lowest BCUT2D eigenvalue weighted by Crippen LogP contribution is -2.40. The maximum Gasteiger partial charge on any atom is 0.271 e. The van der Waals surface area contributed by atoms with E-state index in [0.717, 1.165) is 23.9 Å². The Balaban J connectivity index is 2.16. The van der Waals surface area contributed by atoms with Crippen LogP contribution in [0.1, 0.15) is 30.3 Å². The third-order valence-corrected chi connectivity index (χ3v) is 2.94. The van der Waals surface area contributed by atoms with Crippen LogP contribution in [-0.2, 0) is 0 Å². The highest BCUT2D eigenvalue weighted by Gasteiger charge is 2.13. The molecule has 0 aliphatic rings. The summed E-state index contributed by atoms with van der Waals surface area (Å²) in [6, 6.07) is 7.46. The molecular formula is C14H18N4O. The summed E-state index contributed by atoms with van der Waals surface area (Å²) >= 11 is 0. The standard InChI is InChI=1S/C14H18N4O/c1-2-5-10(8-15)17-14(19)13-9-16-11-6-3-4-7-12(11)18-13/h3-4,6-7,9-10H,2,5,8,15H2,1H3,(H,17,19). The SMILES string of the molecule is CCCC(CN)NC(=O)c1cnc2ccccc2n1. The number of amides is 1. The smallest absolute Gasteiger partial charge is 0.271 e. The van der Waals surface area contributed by atoms with Crippen molar-refractivity contribution in [1.82, 2.24) is 15.3 Å². The van der Waals surface area contributed by atoms with E-state index in [1.807, 2.05) is 24.3 Å². The van der Waals surface area contributed by atoms with Gasteiger partial charge in [0.05, 0.1) is 17.2 Å². The zero-order chi connectivity index (χ0) is 13.7. The van der Waals surface area contributed by atoms with Crippen molar-refractivity contribution in [3.8, 4) is 0 Å². The number of nitrogens with two attached hydrogens (primary N) is 1. The zero-order valence-electron chi connectivity index (χ0n) is 11.0. The molecule has 1 aromatic heterocycles. The molecule has 2 aromatic rings. The second kappa shape index (κ2) is 6.24. The summed E-state index contributed by atoms with van der Waals surface area (Å²) in [6.45, 7) is 2.49. The van der Waals surface area contributed by atoms with Gasteiger partial charge in [-0.3, -0.25) is 9.78 Å². The second-order valence-corrected chi connectivity index (χ2v) is 4.44. The van der Waals surface area contributed by atoms with Crippen LogP contribution in [0.3, 0.4) is 0 Å². The molecule has 0 aliphatic carbocycles. The summed E-state index contributed by atoms with van der Waals surface area (Å²) in [6.07, 6.45) is 3.34. The van der Waals surface area contributed by atoms with Gasteiger partial charge in [-0.15, -0.1) is 0 Å². The number of rotatable bonds is 5. The molecule has 5 nitrogen and oxygen atoms in total. The number of para-hydroxylation sites is 2. The van der Waals surface area contributed by atoms with Crippen LogP contribution >= 0.6 is 0 Å². The molecule has 1 amide bonds. The molecule has 0 bridgehead atoms. The summed E-state index contributed by atoms with van der Waals surface area (Å²) in [5, 5.41) is 2.88. The van der Waals surface area contributed by atoms with Gasteiger partial charge in [0.15, 0.2) is 0 Å². The average molecular weight is 258 g/mol. The summed E-state index contributed by atoms with van der Waals surface area (Å²) in [5.41, 5.74) is 7.45. The van der Waals surface area contributed by atoms with Crippen LogP contribution < -0.4 is 11.1 Å². The van der Waals surface area contributed by atoms with E-state index < -0.39 is 0 Å². The summed E-state index contributed by atoms with van der Waals surface area (Å²) in [4.78, 5) is 20.6. The Morgan fingerprint density at radius 3 is 2.79 bits per heavy atom. The highest BCUT2D eigenvalue weighted by molar-refractivity contribution is 5.93. The van der Waals surface area contributed by atoms with Crippen molar-refractivity contribution in [2.24, 2.45) is 5.73 Å². The lowest BCUT2D eigenvalue weighted by atomic mass is 10.1. The van der Waals surface area contributed by atoms with Crippen LogP contribution in [0, 0.1) is 0 Å². The van der Waals surface area contributed by atoms with Gasteiger partial charge >= 0.3 is 0 Å². The number of carbonyl (C=O) groups is 1. The van der Waals surface area contributed by atoms with E-state index in [1.54, 1.807) is 0 Å². The van der Waals surface area contributed by atoms with Gasteiger partial charge in [-0.05, 0) is 18.6 Å². The summed E-state index contributed by atoms with van der Waals surface area (Å²) < 4.78 is 0. The van der Waals surface area contributed by atoms with Gasteiger partial charge < -0.3 is 11.1 Å².